The molecule has 1 fully saturated rings. The minimum atomic E-state index is -0.899. The molecule has 6 heteroatoms. The average Bonchev–Trinajstić information content (AvgIpc) is 2.59. The Labute approximate surface area is 148 Å². The van der Waals surface area contributed by atoms with E-state index < -0.39 is 11.4 Å². The lowest BCUT2D eigenvalue weighted by Crippen LogP contribution is -2.50. The number of benzene rings is 1. The number of piperidine rings is 1. The van der Waals surface area contributed by atoms with Crippen LogP contribution in [0.15, 0.2) is 24.3 Å². The maximum Gasteiger partial charge on any atom is 0.311 e. The Hall–Kier alpha value is -2.37. The summed E-state index contributed by atoms with van der Waals surface area (Å²) >= 11 is 0. The second-order valence-corrected chi connectivity index (χ2v) is 7.05. The number of amides is 2. The maximum absolute atomic E-state index is 12.2. The van der Waals surface area contributed by atoms with Crippen molar-refractivity contribution >= 4 is 17.8 Å². The van der Waals surface area contributed by atoms with Gasteiger partial charge in [-0.05, 0) is 38.7 Å². The molecule has 0 aromatic heterocycles. The van der Waals surface area contributed by atoms with E-state index in [2.05, 4.69) is 5.32 Å². The zero-order valence-corrected chi connectivity index (χ0v) is 14.9. The molecular formula is C19H26N2O4. The lowest BCUT2D eigenvalue weighted by atomic mass is 9.82. The number of carbonyl (C=O) groups is 3. The highest BCUT2D eigenvalue weighted by molar-refractivity contribution is 5.85. The molecule has 0 saturated carbocycles. The summed E-state index contributed by atoms with van der Waals surface area (Å²) < 4.78 is 0. The third-order valence-electron chi connectivity index (χ3n) is 4.76. The molecule has 2 rings (SSSR count). The van der Waals surface area contributed by atoms with Gasteiger partial charge in [0.25, 0.3) is 0 Å². The number of aryl methyl sites for hydroxylation is 2. The molecule has 1 heterocycles. The highest BCUT2D eigenvalue weighted by atomic mass is 16.4. The minimum absolute atomic E-state index is 0.0809. The van der Waals surface area contributed by atoms with Crippen molar-refractivity contribution in [2.75, 3.05) is 19.6 Å². The van der Waals surface area contributed by atoms with E-state index in [4.69, 9.17) is 0 Å². The number of carbonyl (C=O) groups excluding carboxylic acids is 2. The molecule has 0 spiro atoms. The van der Waals surface area contributed by atoms with Gasteiger partial charge in [-0.3, -0.25) is 14.4 Å². The van der Waals surface area contributed by atoms with E-state index >= 15 is 0 Å². The fourth-order valence-electron chi connectivity index (χ4n) is 3.01. The Morgan fingerprint density at radius 2 is 1.92 bits per heavy atom. The van der Waals surface area contributed by atoms with Gasteiger partial charge in [-0.15, -0.1) is 0 Å². The van der Waals surface area contributed by atoms with E-state index in [1.165, 1.54) is 10.5 Å². The zero-order valence-electron chi connectivity index (χ0n) is 14.9. The van der Waals surface area contributed by atoms with E-state index in [1.807, 2.05) is 31.2 Å². The number of likely N-dealkylation sites (tertiary alicyclic amines) is 1. The summed E-state index contributed by atoms with van der Waals surface area (Å²) in [4.78, 5) is 37.1. The quantitative estimate of drug-likeness (QED) is 0.822. The third kappa shape index (κ3) is 5.31. The Morgan fingerprint density at radius 1 is 1.24 bits per heavy atom. The first-order chi connectivity index (χ1) is 11.8. The smallest absolute Gasteiger partial charge is 0.311 e. The van der Waals surface area contributed by atoms with Gasteiger partial charge in [0.1, 0.15) is 0 Å². The lowest BCUT2D eigenvalue weighted by Gasteiger charge is -2.37. The van der Waals surface area contributed by atoms with Gasteiger partial charge in [-0.25, -0.2) is 0 Å². The number of carboxylic acids is 1. The number of hydrogen-bond acceptors (Lipinski definition) is 3. The van der Waals surface area contributed by atoms with Crippen LogP contribution in [0.3, 0.4) is 0 Å². The van der Waals surface area contributed by atoms with Gasteiger partial charge in [0, 0.05) is 19.5 Å². The van der Waals surface area contributed by atoms with Crippen LogP contribution in [0.25, 0.3) is 0 Å². The number of hydrogen-bond donors (Lipinski definition) is 2. The third-order valence-corrected chi connectivity index (χ3v) is 4.76. The monoisotopic (exact) mass is 346 g/mol. The fraction of sp³-hybridized carbons (Fsp3) is 0.526. The Morgan fingerprint density at radius 3 is 2.56 bits per heavy atom. The van der Waals surface area contributed by atoms with Gasteiger partial charge in [0.05, 0.1) is 12.0 Å². The summed E-state index contributed by atoms with van der Waals surface area (Å²) in [7, 11) is 0. The van der Waals surface area contributed by atoms with Gasteiger partial charge >= 0.3 is 5.97 Å². The van der Waals surface area contributed by atoms with Crippen LogP contribution in [-0.4, -0.2) is 47.4 Å². The number of nitrogens with zero attached hydrogens (tertiary/aromatic N) is 1. The predicted octanol–water partition coefficient (Wildman–Crippen LogP) is 1.76. The molecule has 1 aromatic rings. The summed E-state index contributed by atoms with van der Waals surface area (Å²) in [6, 6.07) is 8.00. The number of carboxylic acid groups (broad SMARTS) is 1. The number of nitrogens with one attached hydrogen (secondary N) is 1. The Balaban J connectivity index is 1.76. The lowest BCUT2D eigenvalue weighted by molar-refractivity contribution is -0.153. The van der Waals surface area contributed by atoms with Gasteiger partial charge in [-0.2, -0.15) is 0 Å². The molecule has 0 aliphatic carbocycles. The topological polar surface area (TPSA) is 86.7 Å². The van der Waals surface area contributed by atoms with E-state index in [9.17, 15) is 19.5 Å². The van der Waals surface area contributed by atoms with Crippen molar-refractivity contribution in [3.05, 3.63) is 35.4 Å². The van der Waals surface area contributed by atoms with Crippen molar-refractivity contribution in [1.29, 1.82) is 0 Å². The SMILES string of the molecule is Cc1ccc(CCC(=O)NCC(=O)N2CCCC(C)(C(=O)O)C2)cc1. The van der Waals surface area contributed by atoms with Crippen molar-refractivity contribution in [3.63, 3.8) is 0 Å². The minimum Gasteiger partial charge on any atom is -0.481 e. The van der Waals surface area contributed by atoms with Gasteiger partial charge in [-0.1, -0.05) is 29.8 Å². The standard InChI is InChI=1S/C19H26N2O4/c1-14-4-6-15(7-5-14)8-9-16(22)20-12-17(23)21-11-3-10-19(2,13-21)18(24)25/h4-7H,3,8-13H2,1-2H3,(H,20,22)(H,24,25). The van der Waals surface area contributed by atoms with Crippen LogP contribution in [0.1, 0.15) is 37.3 Å². The first-order valence-electron chi connectivity index (χ1n) is 8.63. The summed E-state index contributed by atoms with van der Waals surface area (Å²) in [6.07, 6.45) is 2.18. The molecule has 2 amide bonds. The largest absolute Gasteiger partial charge is 0.481 e. The molecule has 1 aliphatic heterocycles. The van der Waals surface area contributed by atoms with Gasteiger partial charge in [0.15, 0.2) is 0 Å². The molecular weight excluding hydrogens is 320 g/mol. The predicted molar refractivity (Wildman–Crippen MR) is 94.1 cm³/mol. The second-order valence-electron chi connectivity index (χ2n) is 7.05. The Bertz CT molecular complexity index is 641. The molecule has 0 radical (unpaired) electrons. The van der Waals surface area contributed by atoms with E-state index in [0.29, 0.717) is 32.2 Å². The van der Waals surface area contributed by atoms with Crippen molar-refractivity contribution < 1.29 is 19.5 Å². The van der Waals surface area contributed by atoms with Crippen LogP contribution in [0.4, 0.5) is 0 Å². The van der Waals surface area contributed by atoms with Crippen LogP contribution in [0.2, 0.25) is 0 Å². The maximum atomic E-state index is 12.2. The molecule has 25 heavy (non-hydrogen) atoms. The number of rotatable bonds is 6. The Kier molecular flexibility index (Phi) is 6.17. The second kappa shape index (κ2) is 8.14. The van der Waals surface area contributed by atoms with Crippen molar-refractivity contribution in [2.45, 2.75) is 39.5 Å². The molecule has 1 aliphatic rings. The van der Waals surface area contributed by atoms with E-state index in [-0.39, 0.29) is 24.9 Å². The molecule has 6 nitrogen and oxygen atoms in total. The first-order valence-corrected chi connectivity index (χ1v) is 8.63. The van der Waals surface area contributed by atoms with Crippen LogP contribution < -0.4 is 5.32 Å². The van der Waals surface area contributed by atoms with Crippen molar-refractivity contribution in [1.82, 2.24) is 10.2 Å². The van der Waals surface area contributed by atoms with E-state index in [1.54, 1.807) is 6.92 Å². The molecule has 1 atom stereocenters. The van der Waals surface area contributed by atoms with Crippen LogP contribution in [-0.2, 0) is 20.8 Å². The highest BCUT2D eigenvalue weighted by Crippen LogP contribution is 2.29. The molecule has 136 valence electrons. The normalized spacial score (nSPS) is 20.2. The molecule has 1 saturated heterocycles. The van der Waals surface area contributed by atoms with E-state index in [0.717, 1.165) is 5.56 Å². The van der Waals surface area contributed by atoms with Crippen molar-refractivity contribution in [2.24, 2.45) is 5.41 Å². The van der Waals surface area contributed by atoms with Crippen LogP contribution in [0, 0.1) is 12.3 Å². The first kappa shape index (κ1) is 19.0. The van der Waals surface area contributed by atoms with Crippen LogP contribution >= 0.6 is 0 Å². The fourth-order valence-corrected chi connectivity index (χ4v) is 3.01. The summed E-state index contributed by atoms with van der Waals surface area (Å²) in [6.45, 7) is 4.33. The molecule has 1 aromatic carbocycles. The van der Waals surface area contributed by atoms with Crippen LogP contribution in [0.5, 0.6) is 0 Å². The highest BCUT2D eigenvalue weighted by Gasteiger charge is 2.39. The number of aliphatic carboxylic acids is 1. The average molecular weight is 346 g/mol. The van der Waals surface area contributed by atoms with Gasteiger partial charge in [0.2, 0.25) is 11.8 Å². The van der Waals surface area contributed by atoms with Gasteiger partial charge < -0.3 is 15.3 Å². The summed E-state index contributed by atoms with van der Waals surface area (Å²) in [5.41, 5.74) is 1.36. The molecule has 1 unspecified atom stereocenters. The molecule has 0 bridgehead atoms. The summed E-state index contributed by atoms with van der Waals surface area (Å²) in [5.74, 6) is -1.28. The summed E-state index contributed by atoms with van der Waals surface area (Å²) in [5, 5.41) is 11.9. The van der Waals surface area contributed by atoms with Crippen molar-refractivity contribution in [3.8, 4) is 0 Å². The zero-order chi connectivity index (χ0) is 18.4. The molecule has 2 N–H and O–H groups in total.